The van der Waals surface area contributed by atoms with Crippen LogP contribution in [-0.4, -0.2) is 23.0 Å². The fraction of sp³-hybridized carbons (Fsp3) is 0.357. The minimum atomic E-state index is -0.928. The second-order valence-electron chi connectivity index (χ2n) is 5.54. The topological polar surface area (TPSA) is 97.6 Å². The standard InChI is InChI=1S/C14H14N2O5/c1-14(2,8-17)11-7-12(18)15(13(11)19)9-3-5-10(6-4-9)16(20)21/h3-6,8,11H,7H2,1-2H3/t11-/m1/s1. The van der Waals surface area contributed by atoms with E-state index < -0.39 is 28.1 Å². The van der Waals surface area contributed by atoms with E-state index >= 15 is 0 Å². The molecule has 1 aromatic rings. The molecule has 1 heterocycles. The number of nitro groups is 1. The molecule has 1 aromatic carbocycles. The van der Waals surface area contributed by atoms with E-state index in [2.05, 4.69) is 0 Å². The Morgan fingerprint density at radius 1 is 1.29 bits per heavy atom. The lowest BCUT2D eigenvalue weighted by Crippen LogP contribution is -2.35. The minimum Gasteiger partial charge on any atom is -0.303 e. The summed E-state index contributed by atoms with van der Waals surface area (Å²) in [6.07, 6.45) is 0.629. The van der Waals surface area contributed by atoms with Crippen molar-refractivity contribution in [3.8, 4) is 0 Å². The van der Waals surface area contributed by atoms with Gasteiger partial charge in [-0.3, -0.25) is 24.6 Å². The summed E-state index contributed by atoms with van der Waals surface area (Å²) >= 11 is 0. The monoisotopic (exact) mass is 290 g/mol. The molecule has 1 fully saturated rings. The fourth-order valence-electron chi connectivity index (χ4n) is 2.29. The molecule has 0 spiro atoms. The molecule has 0 aromatic heterocycles. The van der Waals surface area contributed by atoms with Crippen molar-refractivity contribution in [2.24, 2.45) is 11.3 Å². The van der Waals surface area contributed by atoms with Gasteiger partial charge in [-0.25, -0.2) is 0 Å². The molecule has 2 rings (SSSR count). The third-order valence-corrected chi connectivity index (χ3v) is 3.67. The van der Waals surface area contributed by atoms with E-state index in [1.807, 2.05) is 0 Å². The molecule has 21 heavy (non-hydrogen) atoms. The number of benzene rings is 1. The molecular formula is C14H14N2O5. The van der Waals surface area contributed by atoms with Gasteiger partial charge in [-0.2, -0.15) is 0 Å². The molecule has 7 nitrogen and oxygen atoms in total. The van der Waals surface area contributed by atoms with Gasteiger partial charge in [-0.15, -0.1) is 0 Å². The van der Waals surface area contributed by atoms with Crippen LogP contribution in [0.15, 0.2) is 24.3 Å². The number of hydrogen-bond acceptors (Lipinski definition) is 5. The van der Waals surface area contributed by atoms with Crippen molar-refractivity contribution in [3.05, 3.63) is 34.4 Å². The lowest BCUT2D eigenvalue weighted by atomic mass is 9.79. The quantitative estimate of drug-likeness (QED) is 0.364. The molecule has 1 saturated heterocycles. The van der Waals surface area contributed by atoms with Crippen LogP contribution < -0.4 is 4.90 Å². The number of rotatable bonds is 4. The largest absolute Gasteiger partial charge is 0.303 e. The molecule has 110 valence electrons. The number of carbonyl (C=O) groups excluding carboxylic acids is 3. The maximum Gasteiger partial charge on any atom is 0.269 e. The first kappa shape index (κ1) is 14.8. The summed E-state index contributed by atoms with van der Waals surface area (Å²) in [6, 6.07) is 5.16. The van der Waals surface area contributed by atoms with Gasteiger partial charge in [0.05, 0.1) is 16.5 Å². The van der Waals surface area contributed by atoms with Gasteiger partial charge in [0.25, 0.3) is 5.69 Å². The van der Waals surface area contributed by atoms with Crippen LogP contribution in [0.2, 0.25) is 0 Å². The molecule has 0 N–H and O–H groups in total. The first-order chi connectivity index (χ1) is 9.77. The highest BCUT2D eigenvalue weighted by atomic mass is 16.6. The molecule has 0 radical (unpaired) electrons. The molecular weight excluding hydrogens is 276 g/mol. The summed E-state index contributed by atoms with van der Waals surface area (Å²) in [4.78, 5) is 46.5. The predicted molar refractivity (Wildman–Crippen MR) is 73.5 cm³/mol. The van der Waals surface area contributed by atoms with E-state index in [1.165, 1.54) is 24.3 Å². The van der Waals surface area contributed by atoms with Crippen molar-refractivity contribution in [1.29, 1.82) is 0 Å². The van der Waals surface area contributed by atoms with Crippen molar-refractivity contribution in [3.63, 3.8) is 0 Å². The smallest absolute Gasteiger partial charge is 0.269 e. The summed E-state index contributed by atoms with van der Waals surface area (Å²) in [5.41, 5.74) is -0.773. The third kappa shape index (κ3) is 2.54. The van der Waals surface area contributed by atoms with Gasteiger partial charge >= 0.3 is 0 Å². The third-order valence-electron chi connectivity index (χ3n) is 3.67. The maximum atomic E-state index is 12.4. The molecule has 0 bridgehead atoms. The van der Waals surface area contributed by atoms with E-state index in [1.54, 1.807) is 13.8 Å². The van der Waals surface area contributed by atoms with Crippen LogP contribution in [-0.2, 0) is 14.4 Å². The fourth-order valence-corrected chi connectivity index (χ4v) is 2.29. The Kier molecular flexibility index (Phi) is 3.59. The average molecular weight is 290 g/mol. The normalized spacial score (nSPS) is 19.0. The lowest BCUT2D eigenvalue weighted by Gasteiger charge is -2.23. The van der Waals surface area contributed by atoms with Crippen LogP contribution in [0.5, 0.6) is 0 Å². The highest BCUT2D eigenvalue weighted by Crippen LogP contribution is 2.36. The van der Waals surface area contributed by atoms with Gasteiger partial charge in [-0.1, -0.05) is 13.8 Å². The number of amides is 2. The number of nitro benzene ring substituents is 1. The number of imide groups is 1. The number of hydrogen-bond donors (Lipinski definition) is 0. The number of aldehydes is 1. The second kappa shape index (κ2) is 5.08. The number of non-ortho nitro benzene ring substituents is 1. The van der Waals surface area contributed by atoms with Gasteiger partial charge < -0.3 is 4.79 Å². The van der Waals surface area contributed by atoms with Gasteiger partial charge in [0.1, 0.15) is 6.29 Å². The zero-order valence-corrected chi connectivity index (χ0v) is 11.6. The summed E-state index contributed by atoms with van der Waals surface area (Å²) < 4.78 is 0. The predicted octanol–water partition coefficient (Wildman–Crippen LogP) is 1.70. The Labute approximate surface area is 120 Å². The molecule has 1 aliphatic rings. The number of anilines is 1. The zero-order chi connectivity index (χ0) is 15.8. The van der Waals surface area contributed by atoms with Crippen LogP contribution in [0.3, 0.4) is 0 Å². The molecule has 2 amide bonds. The maximum absolute atomic E-state index is 12.4. The average Bonchev–Trinajstić information content (AvgIpc) is 2.75. The van der Waals surface area contributed by atoms with Crippen LogP contribution >= 0.6 is 0 Å². The SMILES string of the molecule is CC(C)(C=O)[C@@H]1CC(=O)N(c2ccc([N+](=O)[O-])cc2)C1=O. The van der Waals surface area contributed by atoms with Crippen molar-refractivity contribution in [2.75, 3.05) is 4.90 Å². The molecule has 0 unspecified atom stereocenters. The first-order valence-electron chi connectivity index (χ1n) is 6.35. The van der Waals surface area contributed by atoms with Gasteiger partial charge in [0.15, 0.2) is 0 Å². The Morgan fingerprint density at radius 3 is 2.33 bits per heavy atom. The Bertz CT molecular complexity index is 621. The first-order valence-corrected chi connectivity index (χ1v) is 6.35. The van der Waals surface area contributed by atoms with Crippen LogP contribution in [0.25, 0.3) is 0 Å². The highest BCUT2D eigenvalue weighted by Gasteiger charge is 2.47. The molecule has 1 atom stereocenters. The number of carbonyl (C=O) groups is 3. The second-order valence-corrected chi connectivity index (χ2v) is 5.54. The Hall–Kier alpha value is -2.57. The van der Waals surface area contributed by atoms with Gasteiger partial charge in [-0.05, 0) is 12.1 Å². The summed E-state index contributed by atoms with van der Waals surface area (Å²) in [7, 11) is 0. The Balaban J connectivity index is 2.32. The minimum absolute atomic E-state index is 0.0401. The van der Waals surface area contributed by atoms with Crippen molar-refractivity contribution < 1.29 is 19.3 Å². The van der Waals surface area contributed by atoms with Crippen LogP contribution in [0, 0.1) is 21.4 Å². The van der Waals surface area contributed by atoms with Crippen molar-refractivity contribution in [1.82, 2.24) is 0 Å². The summed E-state index contributed by atoms with van der Waals surface area (Å²) in [6.45, 7) is 3.21. The number of nitrogens with zero attached hydrogens (tertiary/aromatic N) is 2. The Morgan fingerprint density at radius 2 is 1.86 bits per heavy atom. The highest BCUT2D eigenvalue weighted by molar-refractivity contribution is 6.21. The van der Waals surface area contributed by atoms with Gasteiger partial charge in [0, 0.05) is 24.0 Å². The van der Waals surface area contributed by atoms with E-state index in [4.69, 9.17) is 0 Å². The molecule has 0 aliphatic carbocycles. The molecule has 1 aliphatic heterocycles. The van der Waals surface area contributed by atoms with Crippen molar-refractivity contribution in [2.45, 2.75) is 20.3 Å². The summed E-state index contributed by atoms with van der Waals surface area (Å²) in [5, 5.41) is 10.6. The van der Waals surface area contributed by atoms with Crippen LogP contribution in [0.4, 0.5) is 11.4 Å². The molecule has 0 saturated carbocycles. The molecule has 7 heteroatoms. The zero-order valence-electron chi connectivity index (χ0n) is 11.6. The van der Waals surface area contributed by atoms with Gasteiger partial charge in [0.2, 0.25) is 11.8 Å². The van der Waals surface area contributed by atoms with E-state index in [-0.39, 0.29) is 17.8 Å². The van der Waals surface area contributed by atoms with E-state index in [0.29, 0.717) is 6.29 Å². The van der Waals surface area contributed by atoms with E-state index in [0.717, 1.165) is 4.90 Å². The lowest BCUT2D eigenvalue weighted by molar-refractivity contribution is -0.384. The van der Waals surface area contributed by atoms with E-state index in [9.17, 15) is 24.5 Å². The summed E-state index contributed by atoms with van der Waals surface area (Å²) in [5.74, 6) is -1.57. The van der Waals surface area contributed by atoms with Crippen LogP contribution in [0.1, 0.15) is 20.3 Å². The van der Waals surface area contributed by atoms with Crippen molar-refractivity contribution >= 4 is 29.5 Å².